The second kappa shape index (κ2) is 5.48. The van der Waals surface area contributed by atoms with Crippen LogP contribution in [0.5, 0.6) is 0 Å². The number of nitrogens with zero attached hydrogens (tertiary/aromatic N) is 1. The lowest BCUT2D eigenvalue weighted by Crippen LogP contribution is -2.49. The van der Waals surface area contributed by atoms with Gasteiger partial charge in [-0.25, -0.2) is 0 Å². The lowest BCUT2D eigenvalue weighted by molar-refractivity contribution is -0.0373. The Kier molecular flexibility index (Phi) is 4.22. The van der Waals surface area contributed by atoms with Gasteiger partial charge in [-0.05, 0) is 26.2 Å². The first-order chi connectivity index (χ1) is 7.70. The van der Waals surface area contributed by atoms with Crippen molar-refractivity contribution < 1.29 is 4.74 Å². The molecule has 3 unspecified atom stereocenters. The van der Waals surface area contributed by atoms with Gasteiger partial charge in [0.2, 0.25) is 0 Å². The van der Waals surface area contributed by atoms with Gasteiger partial charge in [-0.2, -0.15) is 0 Å². The van der Waals surface area contributed by atoms with Crippen molar-refractivity contribution in [3.63, 3.8) is 0 Å². The van der Waals surface area contributed by atoms with Gasteiger partial charge in [-0.1, -0.05) is 13.3 Å². The van der Waals surface area contributed by atoms with Crippen LogP contribution < -0.4 is 5.32 Å². The molecule has 1 aliphatic heterocycles. The average Bonchev–Trinajstić information content (AvgIpc) is 3.05. The van der Waals surface area contributed by atoms with Crippen LogP contribution in [0.2, 0.25) is 0 Å². The predicted octanol–water partition coefficient (Wildman–Crippen LogP) is 1.48. The van der Waals surface area contributed by atoms with Crippen molar-refractivity contribution in [3.05, 3.63) is 0 Å². The summed E-state index contributed by atoms with van der Waals surface area (Å²) < 4.78 is 5.80. The molecule has 1 aliphatic carbocycles. The monoisotopic (exact) mass is 226 g/mol. The van der Waals surface area contributed by atoms with Crippen LogP contribution in [0.4, 0.5) is 0 Å². The molecule has 0 aromatic carbocycles. The van der Waals surface area contributed by atoms with Crippen LogP contribution in [-0.2, 0) is 4.74 Å². The minimum Gasteiger partial charge on any atom is -0.374 e. The van der Waals surface area contributed by atoms with E-state index in [9.17, 15) is 0 Å². The lowest BCUT2D eigenvalue weighted by Gasteiger charge is -2.35. The minimum atomic E-state index is 0.397. The molecule has 1 heterocycles. The molecule has 0 aromatic heterocycles. The molecule has 1 N–H and O–H groups in total. The van der Waals surface area contributed by atoms with Crippen molar-refractivity contribution in [2.24, 2.45) is 5.92 Å². The van der Waals surface area contributed by atoms with Gasteiger partial charge in [-0.3, -0.25) is 4.90 Å². The van der Waals surface area contributed by atoms with Gasteiger partial charge in [-0.15, -0.1) is 0 Å². The quantitative estimate of drug-likeness (QED) is 0.768. The molecule has 3 atom stereocenters. The summed E-state index contributed by atoms with van der Waals surface area (Å²) in [6.45, 7) is 10.9. The van der Waals surface area contributed by atoms with Crippen LogP contribution in [0, 0.1) is 5.92 Å². The Hall–Kier alpha value is -0.120. The molecule has 2 fully saturated rings. The summed E-state index contributed by atoms with van der Waals surface area (Å²) >= 11 is 0. The fourth-order valence-electron chi connectivity index (χ4n) is 2.57. The molecular formula is C13H26N2O. The van der Waals surface area contributed by atoms with E-state index in [1.807, 2.05) is 0 Å². The van der Waals surface area contributed by atoms with Crippen LogP contribution in [0.3, 0.4) is 0 Å². The molecular weight excluding hydrogens is 200 g/mol. The highest BCUT2D eigenvalue weighted by molar-refractivity contribution is 4.92. The maximum Gasteiger partial charge on any atom is 0.0826 e. The Morgan fingerprint density at radius 1 is 1.44 bits per heavy atom. The Morgan fingerprint density at radius 3 is 2.88 bits per heavy atom. The van der Waals surface area contributed by atoms with E-state index in [0.29, 0.717) is 12.1 Å². The molecule has 1 saturated heterocycles. The normalized spacial score (nSPS) is 35.6. The molecule has 94 valence electrons. The lowest BCUT2D eigenvalue weighted by atomic mass is 10.2. The standard InChI is InChI=1S/C13H26N2O/c1-4-11-7-13(11)14-8-12-9-15(10(2)3)5-6-16-12/h10-14H,4-9H2,1-3H3. The first-order valence-electron chi connectivity index (χ1n) is 6.79. The number of nitrogens with one attached hydrogen (secondary N) is 1. The van der Waals surface area contributed by atoms with Crippen molar-refractivity contribution in [1.29, 1.82) is 0 Å². The van der Waals surface area contributed by atoms with Crippen LogP contribution >= 0.6 is 0 Å². The second-order valence-electron chi connectivity index (χ2n) is 5.50. The molecule has 3 heteroatoms. The summed E-state index contributed by atoms with van der Waals surface area (Å²) in [5.74, 6) is 0.935. The van der Waals surface area contributed by atoms with E-state index in [4.69, 9.17) is 4.74 Å². The summed E-state index contributed by atoms with van der Waals surface area (Å²) in [5, 5.41) is 3.64. The van der Waals surface area contributed by atoms with Crippen LogP contribution in [-0.4, -0.2) is 49.3 Å². The maximum absolute atomic E-state index is 5.80. The number of morpholine rings is 1. The topological polar surface area (TPSA) is 24.5 Å². The largest absolute Gasteiger partial charge is 0.374 e. The molecule has 0 radical (unpaired) electrons. The van der Waals surface area contributed by atoms with Gasteiger partial charge in [0, 0.05) is 31.7 Å². The smallest absolute Gasteiger partial charge is 0.0826 e. The molecule has 0 spiro atoms. The Bertz CT molecular complexity index is 220. The third kappa shape index (κ3) is 3.19. The van der Waals surface area contributed by atoms with Gasteiger partial charge in [0.05, 0.1) is 12.7 Å². The molecule has 2 aliphatic rings. The highest BCUT2D eigenvalue weighted by atomic mass is 16.5. The summed E-state index contributed by atoms with van der Waals surface area (Å²) in [5.41, 5.74) is 0. The van der Waals surface area contributed by atoms with E-state index < -0.39 is 0 Å². The van der Waals surface area contributed by atoms with E-state index in [0.717, 1.165) is 38.2 Å². The molecule has 0 amide bonds. The molecule has 2 rings (SSSR count). The van der Waals surface area contributed by atoms with Crippen LogP contribution in [0.25, 0.3) is 0 Å². The van der Waals surface area contributed by atoms with Crippen molar-refractivity contribution in [3.8, 4) is 0 Å². The van der Waals surface area contributed by atoms with Crippen molar-refractivity contribution in [2.75, 3.05) is 26.2 Å². The van der Waals surface area contributed by atoms with Gasteiger partial charge in [0.25, 0.3) is 0 Å². The number of ether oxygens (including phenoxy) is 1. The van der Waals surface area contributed by atoms with E-state index in [1.54, 1.807) is 0 Å². The highest BCUT2D eigenvalue weighted by Gasteiger charge is 2.35. The van der Waals surface area contributed by atoms with Gasteiger partial charge >= 0.3 is 0 Å². The Balaban J connectivity index is 1.65. The molecule has 16 heavy (non-hydrogen) atoms. The van der Waals surface area contributed by atoms with Crippen molar-refractivity contribution >= 4 is 0 Å². The van der Waals surface area contributed by atoms with E-state index in [-0.39, 0.29) is 0 Å². The third-order valence-electron chi connectivity index (χ3n) is 3.96. The molecule has 0 aromatic rings. The highest BCUT2D eigenvalue weighted by Crippen LogP contribution is 2.33. The SMILES string of the molecule is CCC1CC1NCC1CN(C(C)C)CCO1. The summed E-state index contributed by atoms with van der Waals surface area (Å²) in [4.78, 5) is 2.51. The molecule has 3 nitrogen and oxygen atoms in total. The number of rotatable bonds is 5. The fourth-order valence-corrected chi connectivity index (χ4v) is 2.57. The van der Waals surface area contributed by atoms with E-state index >= 15 is 0 Å². The van der Waals surface area contributed by atoms with Crippen LogP contribution in [0.1, 0.15) is 33.6 Å². The van der Waals surface area contributed by atoms with Gasteiger partial charge in [0.1, 0.15) is 0 Å². The summed E-state index contributed by atoms with van der Waals surface area (Å²) in [6.07, 6.45) is 3.09. The maximum atomic E-state index is 5.80. The van der Waals surface area contributed by atoms with E-state index in [2.05, 4.69) is 31.0 Å². The van der Waals surface area contributed by atoms with Gasteiger partial charge in [0.15, 0.2) is 0 Å². The zero-order valence-corrected chi connectivity index (χ0v) is 10.9. The zero-order chi connectivity index (χ0) is 11.5. The Morgan fingerprint density at radius 2 is 2.25 bits per heavy atom. The van der Waals surface area contributed by atoms with Crippen molar-refractivity contribution in [2.45, 2.75) is 51.8 Å². The van der Waals surface area contributed by atoms with Gasteiger partial charge < -0.3 is 10.1 Å². The zero-order valence-electron chi connectivity index (χ0n) is 10.9. The first-order valence-corrected chi connectivity index (χ1v) is 6.79. The van der Waals surface area contributed by atoms with Crippen LogP contribution in [0.15, 0.2) is 0 Å². The number of hydrogen-bond acceptors (Lipinski definition) is 3. The Labute approximate surface area is 99.5 Å². The molecule has 1 saturated carbocycles. The second-order valence-corrected chi connectivity index (χ2v) is 5.50. The van der Waals surface area contributed by atoms with Crippen molar-refractivity contribution in [1.82, 2.24) is 10.2 Å². The summed E-state index contributed by atoms with van der Waals surface area (Å²) in [6, 6.07) is 1.43. The third-order valence-corrected chi connectivity index (χ3v) is 3.96. The first kappa shape index (κ1) is 12.3. The predicted molar refractivity (Wildman–Crippen MR) is 66.6 cm³/mol. The summed E-state index contributed by atoms with van der Waals surface area (Å²) in [7, 11) is 0. The number of hydrogen-bond donors (Lipinski definition) is 1. The fraction of sp³-hybridized carbons (Fsp3) is 1.00. The average molecular weight is 226 g/mol. The van der Waals surface area contributed by atoms with E-state index in [1.165, 1.54) is 12.8 Å². The molecule has 0 bridgehead atoms. The minimum absolute atomic E-state index is 0.397.